The third-order valence-corrected chi connectivity index (χ3v) is 4.80. The Labute approximate surface area is 108 Å². The zero-order valence-corrected chi connectivity index (χ0v) is 11.8. The molecular weight excluding hydrogens is 232 g/mol. The summed E-state index contributed by atoms with van der Waals surface area (Å²) in [5.74, 6) is -0.569. The molecule has 0 saturated heterocycles. The summed E-state index contributed by atoms with van der Waals surface area (Å²) >= 11 is 0. The Hall–Kier alpha value is -1.26. The van der Waals surface area contributed by atoms with Gasteiger partial charge in [0.15, 0.2) is 0 Å². The Bertz CT molecular complexity index is 336. The van der Waals surface area contributed by atoms with E-state index in [-0.39, 0.29) is 10.8 Å². The SMILES string of the molecule is CC[C@H](NC(=O)NCC1C(C)(C)C1(C)C)C(=O)O. The Morgan fingerprint density at radius 3 is 2.06 bits per heavy atom. The van der Waals surface area contributed by atoms with Crippen LogP contribution in [0.1, 0.15) is 41.0 Å². The quantitative estimate of drug-likeness (QED) is 0.702. The van der Waals surface area contributed by atoms with Gasteiger partial charge < -0.3 is 15.7 Å². The minimum atomic E-state index is -1.00. The van der Waals surface area contributed by atoms with Crippen LogP contribution in [0.4, 0.5) is 4.79 Å². The second-order valence-electron chi connectivity index (χ2n) is 6.15. The van der Waals surface area contributed by atoms with Crippen molar-refractivity contribution in [3.8, 4) is 0 Å². The Balaban J connectivity index is 2.38. The normalized spacial score (nSPS) is 22.1. The van der Waals surface area contributed by atoms with E-state index in [9.17, 15) is 9.59 Å². The van der Waals surface area contributed by atoms with E-state index in [2.05, 4.69) is 38.3 Å². The van der Waals surface area contributed by atoms with Gasteiger partial charge in [0.05, 0.1) is 0 Å². The molecule has 5 heteroatoms. The van der Waals surface area contributed by atoms with Crippen molar-refractivity contribution in [3.63, 3.8) is 0 Å². The van der Waals surface area contributed by atoms with Crippen LogP contribution in [-0.4, -0.2) is 29.7 Å². The van der Waals surface area contributed by atoms with Crippen LogP contribution in [0.25, 0.3) is 0 Å². The molecule has 0 unspecified atom stereocenters. The van der Waals surface area contributed by atoms with Gasteiger partial charge >= 0.3 is 12.0 Å². The van der Waals surface area contributed by atoms with E-state index in [0.29, 0.717) is 18.9 Å². The van der Waals surface area contributed by atoms with Crippen LogP contribution in [0.3, 0.4) is 0 Å². The molecule has 0 spiro atoms. The van der Waals surface area contributed by atoms with E-state index in [4.69, 9.17) is 5.11 Å². The molecule has 1 saturated carbocycles. The van der Waals surface area contributed by atoms with Crippen molar-refractivity contribution in [1.82, 2.24) is 10.6 Å². The summed E-state index contributed by atoms with van der Waals surface area (Å²) in [6, 6.07) is -1.21. The van der Waals surface area contributed by atoms with Gasteiger partial charge in [-0.25, -0.2) is 9.59 Å². The molecule has 104 valence electrons. The highest BCUT2D eigenvalue weighted by Gasteiger charge is 2.64. The van der Waals surface area contributed by atoms with Gasteiger partial charge in [-0.1, -0.05) is 34.6 Å². The summed E-state index contributed by atoms with van der Waals surface area (Å²) in [7, 11) is 0. The zero-order chi connectivity index (χ0) is 14.1. The molecule has 18 heavy (non-hydrogen) atoms. The van der Waals surface area contributed by atoms with Gasteiger partial charge in [-0.2, -0.15) is 0 Å². The molecular formula is C13H24N2O3. The molecule has 0 aromatic rings. The molecule has 2 amide bonds. The van der Waals surface area contributed by atoms with Gasteiger partial charge in [-0.3, -0.25) is 0 Å². The van der Waals surface area contributed by atoms with Crippen LogP contribution in [0.2, 0.25) is 0 Å². The van der Waals surface area contributed by atoms with Crippen molar-refractivity contribution < 1.29 is 14.7 Å². The predicted octanol–water partition coefficient (Wildman–Crippen LogP) is 1.83. The molecule has 5 nitrogen and oxygen atoms in total. The molecule has 1 rings (SSSR count). The van der Waals surface area contributed by atoms with E-state index in [1.807, 2.05) is 0 Å². The van der Waals surface area contributed by atoms with Gasteiger partial charge in [-0.15, -0.1) is 0 Å². The number of urea groups is 1. The first-order chi connectivity index (χ1) is 8.14. The number of rotatable bonds is 5. The molecule has 1 fully saturated rings. The lowest BCUT2D eigenvalue weighted by atomic mass is 10.0. The van der Waals surface area contributed by atoms with Crippen molar-refractivity contribution in [2.75, 3.05) is 6.54 Å². The third kappa shape index (κ3) is 2.60. The van der Waals surface area contributed by atoms with E-state index >= 15 is 0 Å². The third-order valence-electron chi connectivity index (χ3n) is 4.80. The molecule has 0 aromatic heterocycles. The lowest BCUT2D eigenvalue weighted by Gasteiger charge is -2.13. The largest absolute Gasteiger partial charge is 0.480 e. The van der Waals surface area contributed by atoms with Crippen molar-refractivity contribution in [1.29, 1.82) is 0 Å². The smallest absolute Gasteiger partial charge is 0.326 e. The molecule has 1 aliphatic carbocycles. The number of amides is 2. The van der Waals surface area contributed by atoms with E-state index < -0.39 is 18.0 Å². The number of carbonyl (C=O) groups is 2. The minimum absolute atomic E-state index is 0.219. The first kappa shape index (κ1) is 14.8. The second kappa shape index (κ2) is 4.78. The molecule has 0 radical (unpaired) electrons. The second-order valence-corrected chi connectivity index (χ2v) is 6.15. The number of carboxylic acid groups (broad SMARTS) is 1. The Morgan fingerprint density at radius 2 is 1.72 bits per heavy atom. The fourth-order valence-electron chi connectivity index (χ4n) is 2.59. The predicted molar refractivity (Wildman–Crippen MR) is 69.3 cm³/mol. The van der Waals surface area contributed by atoms with Crippen LogP contribution >= 0.6 is 0 Å². The van der Waals surface area contributed by atoms with Crippen LogP contribution < -0.4 is 10.6 Å². The molecule has 0 aromatic carbocycles. The summed E-state index contributed by atoms with van der Waals surface area (Å²) in [6.07, 6.45) is 0.378. The summed E-state index contributed by atoms with van der Waals surface area (Å²) < 4.78 is 0. The maximum absolute atomic E-state index is 11.6. The van der Waals surface area contributed by atoms with Gasteiger partial charge in [-0.05, 0) is 23.2 Å². The van der Waals surface area contributed by atoms with Gasteiger partial charge in [0.1, 0.15) is 6.04 Å². The lowest BCUT2D eigenvalue weighted by Crippen LogP contribution is -2.46. The molecule has 0 bridgehead atoms. The van der Waals surface area contributed by atoms with Gasteiger partial charge in [0.25, 0.3) is 0 Å². The molecule has 1 atom stereocenters. The average molecular weight is 256 g/mol. The highest BCUT2D eigenvalue weighted by Crippen LogP contribution is 2.67. The van der Waals surface area contributed by atoms with Gasteiger partial charge in [0, 0.05) is 6.54 Å². The molecule has 1 aliphatic rings. The molecule has 0 aliphatic heterocycles. The van der Waals surface area contributed by atoms with Crippen LogP contribution in [0, 0.1) is 16.7 Å². The van der Waals surface area contributed by atoms with Crippen molar-refractivity contribution in [2.24, 2.45) is 16.7 Å². The van der Waals surface area contributed by atoms with E-state index in [1.54, 1.807) is 6.92 Å². The standard InChI is InChI=1S/C13H24N2O3/c1-6-8(10(16)17)15-11(18)14-7-9-12(2,3)13(9,4)5/h8-9H,6-7H2,1-5H3,(H,16,17)(H2,14,15,18)/t8-/m0/s1. The monoisotopic (exact) mass is 256 g/mol. The maximum Gasteiger partial charge on any atom is 0.326 e. The fraction of sp³-hybridized carbons (Fsp3) is 0.846. The Kier molecular flexibility index (Phi) is 3.93. The number of hydrogen-bond acceptors (Lipinski definition) is 2. The van der Waals surface area contributed by atoms with E-state index in [0.717, 1.165) is 0 Å². The van der Waals surface area contributed by atoms with Crippen LogP contribution in [-0.2, 0) is 4.79 Å². The number of carbonyl (C=O) groups excluding carboxylic acids is 1. The van der Waals surface area contributed by atoms with Crippen molar-refractivity contribution >= 4 is 12.0 Å². The first-order valence-corrected chi connectivity index (χ1v) is 6.41. The summed E-state index contributed by atoms with van der Waals surface area (Å²) in [5.41, 5.74) is 0.439. The summed E-state index contributed by atoms with van der Waals surface area (Å²) in [5, 5.41) is 14.1. The number of aliphatic carboxylic acids is 1. The molecule has 0 heterocycles. The van der Waals surface area contributed by atoms with Crippen molar-refractivity contribution in [2.45, 2.75) is 47.1 Å². The summed E-state index contributed by atoms with van der Waals surface area (Å²) in [6.45, 7) is 11.0. The summed E-state index contributed by atoms with van der Waals surface area (Å²) in [4.78, 5) is 22.4. The maximum atomic E-state index is 11.6. The number of nitrogens with one attached hydrogen (secondary N) is 2. The first-order valence-electron chi connectivity index (χ1n) is 6.41. The average Bonchev–Trinajstić information content (AvgIpc) is 2.63. The van der Waals surface area contributed by atoms with Crippen LogP contribution in [0.5, 0.6) is 0 Å². The fourth-order valence-corrected chi connectivity index (χ4v) is 2.59. The zero-order valence-electron chi connectivity index (χ0n) is 11.8. The lowest BCUT2D eigenvalue weighted by molar-refractivity contribution is -0.139. The van der Waals surface area contributed by atoms with Crippen molar-refractivity contribution in [3.05, 3.63) is 0 Å². The van der Waals surface area contributed by atoms with Crippen LogP contribution in [0.15, 0.2) is 0 Å². The van der Waals surface area contributed by atoms with E-state index in [1.165, 1.54) is 0 Å². The topological polar surface area (TPSA) is 78.4 Å². The number of hydrogen-bond donors (Lipinski definition) is 3. The highest BCUT2D eigenvalue weighted by molar-refractivity contribution is 5.82. The number of carboxylic acids is 1. The minimum Gasteiger partial charge on any atom is -0.480 e. The highest BCUT2D eigenvalue weighted by atomic mass is 16.4. The Morgan fingerprint density at radius 1 is 1.22 bits per heavy atom. The molecule has 3 N–H and O–H groups in total. The van der Waals surface area contributed by atoms with Gasteiger partial charge in [0.2, 0.25) is 0 Å².